The van der Waals surface area contributed by atoms with Gasteiger partial charge in [-0.1, -0.05) is 11.2 Å². The van der Waals surface area contributed by atoms with Crippen molar-refractivity contribution in [3.05, 3.63) is 41.4 Å². The third-order valence-electron chi connectivity index (χ3n) is 5.20. The molecule has 3 heterocycles. The van der Waals surface area contributed by atoms with Gasteiger partial charge in [0.1, 0.15) is 23.5 Å². The van der Waals surface area contributed by atoms with Crippen LogP contribution in [0.3, 0.4) is 0 Å². The first-order valence-corrected chi connectivity index (χ1v) is 9.82. The maximum absolute atomic E-state index is 13.0. The number of carboxylic acid groups (broad SMARTS) is 1. The van der Waals surface area contributed by atoms with Gasteiger partial charge < -0.3 is 24.0 Å². The van der Waals surface area contributed by atoms with Crippen LogP contribution in [0.4, 0.5) is 13.2 Å². The number of aromatic nitrogens is 2. The second-order valence-corrected chi connectivity index (χ2v) is 7.31. The Bertz CT molecular complexity index is 930. The second-order valence-electron chi connectivity index (χ2n) is 7.31. The molecular formula is C20H22F3N3O6. The van der Waals surface area contributed by atoms with Crippen molar-refractivity contribution in [1.82, 2.24) is 15.0 Å². The van der Waals surface area contributed by atoms with E-state index in [-0.39, 0.29) is 24.2 Å². The minimum absolute atomic E-state index is 0.00339. The minimum atomic E-state index is -5.08. The number of halogens is 3. The number of carbonyl (C=O) groups is 2. The molecule has 174 valence electrons. The Morgan fingerprint density at radius 1 is 1.25 bits per heavy atom. The average Bonchev–Trinajstić information content (AvgIpc) is 3.31. The highest BCUT2D eigenvalue weighted by molar-refractivity contribution is 5.96. The van der Waals surface area contributed by atoms with Gasteiger partial charge in [-0.25, -0.2) is 9.78 Å². The maximum Gasteiger partial charge on any atom is 0.490 e. The highest BCUT2D eigenvalue weighted by Gasteiger charge is 2.46. The van der Waals surface area contributed by atoms with Gasteiger partial charge in [-0.2, -0.15) is 13.2 Å². The third kappa shape index (κ3) is 5.18. The quantitative estimate of drug-likeness (QED) is 0.748. The molecule has 4 rings (SSSR count). The van der Waals surface area contributed by atoms with Crippen molar-refractivity contribution in [3.8, 4) is 5.88 Å². The summed E-state index contributed by atoms with van der Waals surface area (Å²) in [6.07, 6.45) is -1.94. The topological polar surface area (TPSA) is 115 Å². The lowest BCUT2D eigenvalue weighted by Gasteiger charge is -2.38. The van der Waals surface area contributed by atoms with Gasteiger partial charge in [-0.3, -0.25) is 4.79 Å². The summed E-state index contributed by atoms with van der Waals surface area (Å²) in [5.74, 6) is -1.64. The molecule has 1 N–H and O–H groups in total. The number of morpholine rings is 1. The Labute approximate surface area is 181 Å². The molecule has 3 atom stereocenters. The molecule has 2 aromatic heterocycles. The minimum Gasteiger partial charge on any atom is -0.475 e. The highest BCUT2D eigenvalue weighted by Crippen LogP contribution is 2.34. The molecule has 2 fully saturated rings. The summed E-state index contributed by atoms with van der Waals surface area (Å²) >= 11 is 0. The number of amides is 1. The number of aryl methyl sites for hydroxylation is 2. The Balaban J connectivity index is 0.000000360. The summed E-state index contributed by atoms with van der Waals surface area (Å²) in [5.41, 5.74) is 1.19. The molecule has 1 aliphatic heterocycles. The van der Waals surface area contributed by atoms with E-state index < -0.39 is 12.1 Å². The van der Waals surface area contributed by atoms with E-state index in [0.717, 1.165) is 12.8 Å². The summed E-state index contributed by atoms with van der Waals surface area (Å²) in [6, 6.07) is 5.58. The molecule has 1 amide bonds. The zero-order valence-electron chi connectivity index (χ0n) is 17.3. The zero-order chi connectivity index (χ0) is 23.5. The fraction of sp³-hybridized carbons (Fsp3) is 0.500. The molecular weight excluding hydrogens is 435 g/mol. The van der Waals surface area contributed by atoms with Gasteiger partial charge >= 0.3 is 12.1 Å². The average molecular weight is 457 g/mol. The first-order chi connectivity index (χ1) is 15.1. The Morgan fingerprint density at radius 3 is 2.53 bits per heavy atom. The van der Waals surface area contributed by atoms with E-state index in [1.807, 2.05) is 23.1 Å². The summed E-state index contributed by atoms with van der Waals surface area (Å²) in [5, 5.41) is 11.0. The number of fused-ring (bicyclic) bond motifs is 1. The number of alkyl halides is 3. The van der Waals surface area contributed by atoms with E-state index >= 15 is 0 Å². The van der Waals surface area contributed by atoms with Crippen molar-refractivity contribution in [1.29, 1.82) is 0 Å². The van der Waals surface area contributed by atoms with Crippen LogP contribution in [-0.4, -0.2) is 69.6 Å². The van der Waals surface area contributed by atoms with Crippen molar-refractivity contribution in [2.24, 2.45) is 0 Å². The summed E-state index contributed by atoms with van der Waals surface area (Å²) in [7, 11) is 0. The molecule has 1 saturated heterocycles. The lowest BCUT2D eigenvalue weighted by molar-refractivity contribution is -0.192. The van der Waals surface area contributed by atoms with Crippen LogP contribution in [0.5, 0.6) is 5.88 Å². The second kappa shape index (κ2) is 9.55. The van der Waals surface area contributed by atoms with Crippen LogP contribution in [0.1, 0.15) is 34.7 Å². The fourth-order valence-corrected chi connectivity index (χ4v) is 3.80. The van der Waals surface area contributed by atoms with E-state index in [9.17, 15) is 18.0 Å². The Hall–Kier alpha value is -3.15. The smallest absolute Gasteiger partial charge is 0.475 e. The van der Waals surface area contributed by atoms with Crippen molar-refractivity contribution in [2.45, 2.75) is 51.1 Å². The van der Waals surface area contributed by atoms with Crippen molar-refractivity contribution >= 4 is 11.9 Å². The number of ether oxygens (including phenoxy) is 2. The normalized spacial score (nSPS) is 22.5. The van der Waals surface area contributed by atoms with Crippen molar-refractivity contribution in [2.75, 3.05) is 13.2 Å². The Kier molecular flexibility index (Phi) is 7.02. The van der Waals surface area contributed by atoms with E-state index in [1.54, 1.807) is 20.0 Å². The van der Waals surface area contributed by atoms with E-state index in [1.165, 1.54) is 0 Å². The summed E-state index contributed by atoms with van der Waals surface area (Å²) in [4.78, 5) is 28.0. The number of rotatable bonds is 3. The van der Waals surface area contributed by atoms with Crippen LogP contribution >= 0.6 is 0 Å². The lowest BCUT2D eigenvalue weighted by Crippen LogP contribution is -2.54. The van der Waals surface area contributed by atoms with Crippen molar-refractivity contribution in [3.63, 3.8) is 0 Å². The SMILES string of the molecule is Cc1noc(C)c1C(=O)N1CCO[C@H]2[C@@H](Oc3ccccn3)CC[C@@H]21.O=C(O)C(F)(F)F. The number of carboxylic acids is 1. The van der Waals surface area contributed by atoms with Crippen LogP contribution in [-0.2, 0) is 9.53 Å². The molecule has 2 aliphatic rings. The molecule has 1 aliphatic carbocycles. The van der Waals surface area contributed by atoms with Crippen LogP contribution in [0, 0.1) is 13.8 Å². The number of pyridine rings is 1. The first kappa shape index (κ1) is 23.5. The molecule has 2 aromatic rings. The predicted molar refractivity (Wildman–Crippen MR) is 102 cm³/mol. The van der Waals surface area contributed by atoms with Crippen LogP contribution in [0.25, 0.3) is 0 Å². The van der Waals surface area contributed by atoms with E-state index in [4.69, 9.17) is 23.9 Å². The first-order valence-electron chi connectivity index (χ1n) is 9.82. The molecule has 32 heavy (non-hydrogen) atoms. The van der Waals surface area contributed by atoms with Crippen LogP contribution < -0.4 is 4.74 Å². The fourth-order valence-electron chi connectivity index (χ4n) is 3.80. The monoisotopic (exact) mass is 457 g/mol. The van der Waals surface area contributed by atoms with Crippen molar-refractivity contribution < 1.29 is 41.9 Å². The number of hydrogen-bond acceptors (Lipinski definition) is 7. The third-order valence-corrected chi connectivity index (χ3v) is 5.20. The molecule has 0 unspecified atom stereocenters. The number of nitrogens with zero attached hydrogens (tertiary/aromatic N) is 3. The van der Waals surface area contributed by atoms with E-state index in [2.05, 4.69) is 10.1 Å². The van der Waals surface area contributed by atoms with Gasteiger partial charge in [0.25, 0.3) is 5.91 Å². The van der Waals surface area contributed by atoms with Gasteiger partial charge in [-0.15, -0.1) is 0 Å². The molecule has 1 saturated carbocycles. The zero-order valence-corrected chi connectivity index (χ0v) is 17.3. The maximum atomic E-state index is 13.0. The molecule has 0 spiro atoms. The molecule has 12 heteroatoms. The standard InChI is InChI=1S/C18H21N3O4.C2HF3O2/c1-11-16(12(2)25-20-11)18(22)21-9-10-23-17-13(21)6-7-14(17)24-15-5-3-4-8-19-15;3-2(4,5)1(6)7/h3-5,8,13-14,17H,6-7,9-10H2,1-2H3;(H,6,7)/t13-,14-,17+;/m0./s1. The molecule has 0 aromatic carbocycles. The van der Waals surface area contributed by atoms with Crippen LogP contribution in [0.2, 0.25) is 0 Å². The number of carbonyl (C=O) groups excluding carboxylic acids is 1. The highest BCUT2D eigenvalue weighted by atomic mass is 19.4. The molecule has 0 bridgehead atoms. The predicted octanol–water partition coefficient (Wildman–Crippen LogP) is 2.77. The molecule has 9 nitrogen and oxygen atoms in total. The lowest BCUT2D eigenvalue weighted by atomic mass is 10.1. The van der Waals surface area contributed by atoms with E-state index in [0.29, 0.717) is 36.0 Å². The summed E-state index contributed by atoms with van der Waals surface area (Å²) < 4.78 is 48.9. The van der Waals surface area contributed by atoms with Crippen LogP contribution in [0.15, 0.2) is 28.9 Å². The van der Waals surface area contributed by atoms with Gasteiger partial charge in [0.2, 0.25) is 5.88 Å². The Morgan fingerprint density at radius 2 is 1.97 bits per heavy atom. The number of aliphatic carboxylic acids is 1. The summed E-state index contributed by atoms with van der Waals surface area (Å²) in [6.45, 7) is 4.63. The van der Waals surface area contributed by atoms with Gasteiger partial charge in [0.05, 0.1) is 18.3 Å². The van der Waals surface area contributed by atoms with Gasteiger partial charge in [-0.05, 0) is 32.8 Å². The van der Waals surface area contributed by atoms with Gasteiger partial charge in [0.15, 0.2) is 0 Å². The molecule has 0 radical (unpaired) electrons. The number of hydrogen-bond donors (Lipinski definition) is 1. The largest absolute Gasteiger partial charge is 0.490 e. The van der Waals surface area contributed by atoms with Gasteiger partial charge in [0, 0.05) is 18.8 Å².